The minimum absolute atomic E-state index is 0.0242. The summed E-state index contributed by atoms with van der Waals surface area (Å²) in [5.41, 5.74) is 3.46. The normalized spacial score (nSPS) is 10.7. The minimum Gasteiger partial charge on any atom is -0.416 e. The van der Waals surface area contributed by atoms with Crippen LogP contribution in [0.2, 0.25) is 0 Å². The van der Waals surface area contributed by atoms with Crippen molar-refractivity contribution < 1.29 is 9.21 Å². The molecule has 0 spiro atoms. The zero-order valence-electron chi connectivity index (χ0n) is 15.4. The third-order valence-electron chi connectivity index (χ3n) is 4.37. The topological polar surface area (TPSA) is 59.2 Å². The van der Waals surface area contributed by atoms with Crippen LogP contribution in [0, 0.1) is 6.92 Å². The monoisotopic (exact) mass is 349 g/mol. The molecule has 0 N–H and O–H groups in total. The van der Waals surface area contributed by atoms with Crippen LogP contribution in [0.3, 0.4) is 0 Å². The number of carbonyl (C=O) groups excluding carboxylic acids is 1. The SMILES string of the molecule is CCCCN(C)C(=O)c1ccc(-c2nnc(-c3ccccc3C)o2)cc1. The second-order valence-electron chi connectivity index (χ2n) is 6.38. The predicted molar refractivity (Wildman–Crippen MR) is 102 cm³/mol. The van der Waals surface area contributed by atoms with E-state index in [1.165, 1.54) is 0 Å². The van der Waals surface area contributed by atoms with Gasteiger partial charge in [-0.3, -0.25) is 4.79 Å². The number of carbonyl (C=O) groups is 1. The molecule has 3 rings (SSSR count). The molecule has 0 aliphatic carbocycles. The number of hydrogen-bond donors (Lipinski definition) is 0. The van der Waals surface area contributed by atoms with Crippen LogP contribution in [-0.2, 0) is 0 Å². The van der Waals surface area contributed by atoms with E-state index in [1.807, 2.05) is 50.4 Å². The first kappa shape index (κ1) is 17.9. The molecule has 0 aliphatic heterocycles. The van der Waals surface area contributed by atoms with Crippen molar-refractivity contribution >= 4 is 5.91 Å². The molecule has 0 radical (unpaired) electrons. The standard InChI is InChI=1S/C21H23N3O2/c1-4-5-14-24(3)21(25)17-12-10-16(11-13-17)19-22-23-20(26-19)18-9-7-6-8-15(18)2/h6-13H,4-5,14H2,1-3H3. The number of nitrogens with zero attached hydrogens (tertiary/aromatic N) is 3. The number of amides is 1. The van der Waals surface area contributed by atoms with Gasteiger partial charge < -0.3 is 9.32 Å². The highest BCUT2D eigenvalue weighted by Gasteiger charge is 2.14. The third-order valence-corrected chi connectivity index (χ3v) is 4.37. The summed E-state index contributed by atoms with van der Waals surface area (Å²) in [6, 6.07) is 15.2. The number of aryl methyl sites for hydroxylation is 1. The predicted octanol–water partition coefficient (Wildman–Crippen LogP) is 4.58. The van der Waals surface area contributed by atoms with Crippen molar-refractivity contribution in [3.63, 3.8) is 0 Å². The summed E-state index contributed by atoms with van der Waals surface area (Å²) in [5, 5.41) is 8.29. The van der Waals surface area contributed by atoms with Gasteiger partial charge in [0.25, 0.3) is 5.91 Å². The average molecular weight is 349 g/mol. The highest BCUT2D eigenvalue weighted by molar-refractivity contribution is 5.94. The lowest BCUT2D eigenvalue weighted by atomic mass is 10.1. The summed E-state index contributed by atoms with van der Waals surface area (Å²) < 4.78 is 5.82. The third kappa shape index (κ3) is 3.82. The van der Waals surface area contributed by atoms with E-state index in [9.17, 15) is 4.79 Å². The fourth-order valence-corrected chi connectivity index (χ4v) is 2.73. The van der Waals surface area contributed by atoms with E-state index >= 15 is 0 Å². The Morgan fingerprint density at radius 2 is 1.73 bits per heavy atom. The van der Waals surface area contributed by atoms with Crippen molar-refractivity contribution in [3.05, 3.63) is 59.7 Å². The van der Waals surface area contributed by atoms with E-state index in [1.54, 1.807) is 17.0 Å². The summed E-state index contributed by atoms with van der Waals surface area (Å²) >= 11 is 0. The van der Waals surface area contributed by atoms with Crippen molar-refractivity contribution in [2.75, 3.05) is 13.6 Å². The fourth-order valence-electron chi connectivity index (χ4n) is 2.73. The lowest BCUT2D eigenvalue weighted by Gasteiger charge is -2.16. The van der Waals surface area contributed by atoms with Crippen LogP contribution < -0.4 is 0 Å². The Morgan fingerprint density at radius 3 is 2.42 bits per heavy atom. The lowest BCUT2D eigenvalue weighted by Crippen LogP contribution is -2.27. The van der Waals surface area contributed by atoms with Gasteiger partial charge in [0.05, 0.1) is 0 Å². The van der Waals surface area contributed by atoms with Crippen molar-refractivity contribution in [2.45, 2.75) is 26.7 Å². The van der Waals surface area contributed by atoms with Crippen molar-refractivity contribution in [1.29, 1.82) is 0 Å². The zero-order valence-corrected chi connectivity index (χ0v) is 15.4. The molecule has 0 unspecified atom stereocenters. The van der Waals surface area contributed by atoms with Crippen LogP contribution in [0.15, 0.2) is 52.9 Å². The Kier molecular flexibility index (Phi) is 5.46. The highest BCUT2D eigenvalue weighted by atomic mass is 16.4. The summed E-state index contributed by atoms with van der Waals surface area (Å²) in [4.78, 5) is 14.2. The molecular weight excluding hydrogens is 326 g/mol. The zero-order chi connectivity index (χ0) is 18.5. The number of rotatable bonds is 6. The molecule has 0 atom stereocenters. The molecule has 0 aliphatic rings. The first-order chi connectivity index (χ1) is 12.6. The summed E-state index contributed by atoms with van der Waals surface area (Å²) in [6.07, 6.45) is 2.07. The van der Waals surface area contributed by atoms with E-state index in [0.717, 1.165) is 36.1 Å². The molecule has 1 amide bonds. The van der Waals surface area contributed by atoms with E-state index in [4.69, 9.17) is 4.42 Å². The second kappa shape index (κ2) is 7.95. The molecule has 1 heterocycles. The number of unbranched alkanes of at least 4 members (excludes halogenated alkanes) is 1. The Hall–Kier alpha value is -2.95. The Labute approximate surface area is 153 Å². The van der Waals surface area contributed by atoms with Crippen molar-refractivity contribution in [2.24, 2.45) is 0 Å². The molecule has 0 saturated heterocycles. The van der Waals surface area contributed by atoms with E-state index in [-0.39, 0.29) is 5.91 Å². The summed E-state index contributed by atoms with van der Waals surface area (Å²) in [5.74, 6) is 0.968. The van der Waals surface area contributed by atoms with Gasteiger partial charge in [0.2, 0.25) is 11.8 Å². The van der Waals surface area contributed by atoms with Crippen LogP contribution in [0.5, 0.6) is 0 Å². The molecule has 3 aromatic rings. The maximum absolute atomic E-state index is 12.4. The maximum atomic E-state index is 12.4. The first-order valence-electron chi connectivity index (χ1n) is 8.85. The molecule has 0 saturated carbocycles. The van der Waals surface area contributed by atoms with Gasteiger partial charge in [0.15, 0.2) is 0 Å². The van der Waals surface area contributed by atoms with E-state index in [0.29, 0.717) is 17.3 Å². The van der Waals surface area contributed by atoms with Crippen molar-refractivity contribution in [3.8, 4) is 22.9 Å². The largest absolute Gasteiger partial charge is 0.416 e. The van der Waals surface area contributed by atoms with Gasteiger partial charge >= 0.3 is 0 Å². The molecule has 26 heavy (non-hydrogen) atoms. The van der Waals surface area contributed by atoms with Gasteiger partial charge in [-0.05, 0) is 49.2 Å². The highest BCUT2D eigenvalue weighted by Crippen LogP contribution is 2.26. The van der Waals surface area contributed by atoms with Gasteiger partial charge in [0.1, 0.15) is 0 Å². The number of benzene rings is 2. The molecule has 2 aromatic carbocycles. The Balaban J connectivity index is 1.77. The van der Waals surface area contributed by atoms with Crippen LogP contribution in [-0.4, -0.2) is 34.6 Å². The van der Waals surface area contributed by atoms with Crippen LogP contribution in [0.1, 0.15) is 35.7 Å². The smallest absolute Gasteiger partial charge is 0.253 e. The first-order valence-corrected chi connectivity index (χ1v) is 8.85. The quantitative estimate of drug-likeness (QED) is 0.653. The molecular formula is C21H23N3O2. The van der Waals surface area contributed by atoms with Crippen molar-refractivity contribution in [1.82, 2.24) is 15.1 Å². The Bertz CT molecular complexity index is 884. The van der Waals surface area contributed by atoms with Gasteiger partial charge in [-0.15, -0.1) is 10.2 Å². The molecule has 5 heteroatoms. The summed E-state index contributed by atoms with van der Waals surface area (Å²) in [6.45, 7) is 4.89. The van der Waals surface area contributed by atoms with Gasteiger partial charge in [0, 0.05) is 30.3 Å². The van der Waals surface area contributed by atoms with Crippen LogP contribution in [0.25, 0.3) is 22.9 Å². The van der Waals surface area contributed by atoms with E-state index in [2.05, 4.69) is 17.1 Å². The fraction of sp³-hybridized carbons (Fsp3) is 0.286. The number of hydrogen-bond acceptors (Lipinski definition) is 4. The average Bonchev–Trinajstić information content (AvgIpc) is 3.16. The maximum Gasteiger partial charge on any atom is 0.253 e. The summed E-state index contributed by atoms with van der Waals surface area (Å²) in [7, 11) is 1.83. The molecule has 0 bridgehead atoms. The van der Waals surface area contributed by atoms with E-state index < -0.39 is 0 Å². The number of aromatic nitrogens is 2. The van der Waals surface area contributed by atoms with Crippen LogP contribution in [0.4, 0.5) is 0 Å². The van der Waals surface area contributed by atoms with Gasteiger partial charge in [-0.2, -0.15) is 0 Å². The Morgan fingerprint density at radius 1 is 1.04 bits per heavy atom. The van der Waals surface area contributed by atoms with Gasteiger partial charge in [-0.1, -0.05) is 31.5 Å². The molecule has 5 nitrogen and oxygen atoms in total. The molecule has 134 valence electrons. The van der Waals surface area contributed by atoms with Crippen LogP contribution >= 0.6 is 0 Å². The minimum atomic E-state index is 0.0242. The van der Waals surface area contributed by atoms with Gasteiger partial charge in [-0.25, -0.2) is 0 Å². The lowest BCUT2D eigenvalue weighted by molar-refractivity contribution is 0.0793. The molecule has 1 aromatic heterocycles. The second-order valence-corrected chi connectivity index (χ2v) is 6.38. The molecule has 0 fully saturated rings.